The number of amides is 2. The number of benzene rings is 1. The van der Waals surface area contributed by atoms with Crippen molar-refractivity contribution in [1.29, 1.82) is 0 Å². The van der Waals surface area contributed by atoms with Gasteiger partial charge in [-0.05, 0) is 25.0 Å². The number of hydrogen-bond acceptors (Lipinski definition) is 4. The van der Waals surface area contributed by atoms with Crippen molar-refractivity contribution in [2.75, 3.05) is 13.1 Å². The van der Waals surface area contributed by atoms with E-state index in [1.54, 1.807) is 17.9 Å². The van der Waals surface area contributed by atoms with Crippen LogP contribution in [0.15, 0.2) is 47.3 Å². The summed E-state index contributed by atoms with van der Waals surface area (Å²) >= 11 is 0. The molecule has 0 aliphatic carbocycles. The van der Waals surface area contributed by atoms with Crippen molar-refractivity contribution in [2.24, 2.45) is 0 Å². The van der Waals surface area contributed by atoms with Gasteiger partial charge in [0, 0.05) is 38.2 Å². The Labute approximate surface area is 164 Å². The maximum absolute atomic E-state index is 12.8. The first-order valence-electron chi connectivity index (χ1n) is 9.64. The summed E-state index contributed by atoms with van der Waals surface area (Å²) in [5.41, 5.74) is 1.45. The third-order valence-electron chi connectivity index (χ3n) is 5.09. The van der Waals surface area contributed by atoms with E-state index in [4.69, 9.17) is 0 Å². The number of aromatic nitrogens is 2. The lowest BCUT2D eigenvalue weighted by Crippen LogP contribution is -2.45. The van der Waals surface area contributed by atoms with Gasteiger partial charge in [-0.2, -0.15) is 5.10 Å². The summed E-state index contributed by atoms with van der Waals surface area (Å²) in [4.78, 5) is 41.1. The molecular formula is C21H26N4O3. The van der Waals surface area contributed by atoms with Crippen LogP contribution in [0.5, 0.6) is 0 Å². The number of rotatable bonds is 5. The monoisotopic (exact) mass is 382 g/mol. The Morgan fingerprint density at radius 1 is 1.14 bits per heavy atom. The van der Waals surface area contributed by atoms with E-state index < -0.39 is 0 Å². The Morgan fingerprint density at radius 2 is 1.89 bits per heavy atom. The van der Waals surface area contributed by atoms with Gasteiger partial charge in [-0.15, -0.1) is 0 Å². The van der Waals surface area contributed by atoms with Crippen molar-refractivity contribution in [3.63, 3.8) is 0 Å². The lowest BCUT2D eigenvalue weighted by Gasteiger charge is -2.31. The molecule has 1 fully saturated rings. The van der Waals surface area contributed by atoms with Crippen LogP contribution in [0.1, 0.15) is 31.0 Å². The van der Waals surface area contributed by atoms with E-state index in [0.29, 0.717) is 25.3 Å². The highest BCUT2D eigenvalue weighted by Crippen LogP contribution is 2.18. The van der Waals surface area contributed by atoms with E-state index in [2.05, 4.69) is 5.10 Å². The molecule has 0 radical (unpaired) electrons. The fraction of sp³-hybridized carbons (Fsp3) is 0.429. The summed E-state index contributed by atoms with van der Waals surface area (Å²) < 4.78 is 1.19. The maximum atomic E-state index is 12.8. The highest BCUT2D eigenvalue weighted by molar-refractivity contribution is 5.80. The molecule has 1 atom stereocenters. The second-order valence-corrected chi connectivity index (χ2v) is 7.13. The Kier molecular flexibility index (Phi) is 6.23. The standard InChI is InChI=1S/C21H26N4O3/c1-3-18-14-23(21(28)15-25-20(27)10-9-16(2)22-25)12-11-19(26)24(18)13-17-7-5-4-6-8-17/h4-10,18H,3,11-15H2,1-2H3/t18-/m0/s1. The van der Waals surface area contributed by atoms with Crippen LogP contribution in [0.25, 0.3) is 0 Å². The normalized spacial score (nSPS) is 17.5. The smallest absolute Gasteiger partial charge is 0.267 e. The Morgan fingerprint density at radius 3 is 2.61 bits per heavy atom. The van der Waals surface area contributed by atoms with Gasteiger partial charge < -0.3 is 9.80 Å². The van der Waals surface area contributed by atoms with Crippen molar-refractivity contribution in [1.82, 2.24) is 19.6 Å². The third-order valence-corrected chi connectivity index (χ3v) is 5.09. The highest BCUT2D eigenvalue weighted by Gasteiger charge is 2.30. The van der Waals surface area contributed by atoms with Crippen LogP contribution in [0.2, 0.25) is 0 Å². The predicted molar refractivity (Wildman–Crippen MR) is 106 cm³/mol. The largest absolute Gasteiger partial charge is 0.339 e. The first-order valence-corrected chi connectivity index (χ1v) is 9.64. The summed E-state index contributed by atoms with van der Waals surface area (Å²) in [5.74, 6) is -0.134. The van der Waals surface area contributed by atoms with E-state index >= 15 is 0 Å². The SMILES string of the molecule is CC[C@H]1CN(C(=O)Cn2nc(C)ccc2=O)CCC(=O)N1Cc1ccccc1. The van der Waals surface area contributed by atoms with Gasteiger partial charge in [0.05, 0.1) is 5.69 Å². The predicted octanol–water partition coefficient (Wildman–Crippen LogP) is 1.59. The number of carbonyl (C=O) groups excluding carboxylic acids is 2. The number of nitrogens with zero attached hydrogens (tertiary/aromatic N) is 4. The van der Waals surface area contributed by atoms with Crippen LogP contribution in [0.3, 0.4) is 0 Å². The molecule has 0 N–H and O–H groups in total. The van der Waals surface area contributed by atoms with Crippen LogP contribution >= 0.6 is 0 Å². The average molecular weight is 382 g/mol. The molecule has 7 heteroatoms. The maximum Gasteiger partial charge on any atom is 0.267 e. The second-order valence-electron chi connectivity index (χ2n) is 7.13. The van der Waals surface area contributed by atoms with Gasteiger partial charge in [0.15, 0.2) is 0 Å². The summed E-state index contributed by atoms with van der Waals surface area (Å²) in [5, 5.41) is 4.14. The molecule has 28 heavy (non-hydrogen) atoms. The number of hydrogen-bond donors (Lipinski definition) is 0. The Balaban J connectivity index is 1.74. The van der Waals surface area contributed by atoms with Crippen molar-refractivity contribution in [3.8, 4) is 0 Å². The first kappa shape index (κ1) is 19.8. The molecule has 0 bridgehead atoms. The van der Waals surface area contributed by atoms with Crippen LogP contribution < -0.4 is 5.56 Å². The fourth-order valence-corrected chi connectivity index (χ4v) is 3.49. The zero-order chi connectivity index (χ0) is 20.1. The molecule has 2 aromatic rings. The highest BCUT2D eigenvalue weighted by atomic mass is 16.2. The topological polar surface area (TPSA) is 75.5 Å². The summed E-state index contributed by atoms with van der Waals surface area (Å²) in [6, 6.07) is 12.9. The van der Waals surface area contributed by atoms with Crippen molar-refractivity contribution in [2.45, 2.75) is 45.8 Å². The minimum absolute atomic E-state index is 0.0526. The first-order chi connectivity index (χ1) is 13.5. The van der Waals surface area contributed by atoms with E-state index in [-0.39, 0.29) is 36.4 Å². The van der Waals surface area contributed by atoms with Gasteiger partial charge in [0.1, 0.15) is 6.54 Å². The third kappa shape index (κ3) is 4.65. The van der Waals surface area contributed by atoms with Crippen molar-refractivity contribution < 1.29 is 9.59 Å². The van der Waals surface area contributed by atoms with Gasteiger partial charge in [-0.25, -0.2) is 4.68 Å². The molecule has 2 heterocycles. The molecule has 0 saturated carbocycles. The second kappa shape index (κ2) is 8.82. The van der Waals surface area contributed by atoms with Crippen LogP contribution in [0.4, 0.5) is 0 Å². The van der Waals surface area contributed by atoms with Crippen LogP contribution in [-0.2, 0) is 22.7 Å². The van der Waals surface area contributed by atoms with Crippen LogP contribution in [0, 0.1) is 6.92 Å². The van der Waals surface area contributed by atoms with Crippen LogP contribution in [-0.4, -0.2) is 50.5 Å². The summed E-state index contributed by atoms with van der Waals surface area (Å²) in [7, 11) is 0. The minimum Gasteiger partial charge on any atom is -0.339 e. The lowest BCUT2D eigenvalue weighted by atomic mass is 10.1. The quantitative estimate of drug-likeness (QED) is 0.787. The summed E-state index contributed by atoms with van der Waals surface area (Å²) in [6.45, 7) is 5.06. The van der Waals surface area contributed by atoms with E-state index in [1.807, 2.05) is 42.2 Å². The molecule has 7 nitrogen and oxygen atoms in total. The van der Waals surface area contributed by atoms with E-state index in [1.165, 1.54) is 10.7 Å². The fourth-order valence-electron chi connectivity index (χ4n) is 3.49. The molecule has 1 saturated heterocycles. The Hall–Kier alpha value is -2.96. The van der Waals surface area contributed by atoms with Gasteiger partial charge in [-0.3, -0.25) is 14.4 Å². The average Bonchev–Trinajstić information content (AvgIpc) is 2.85. The van der Waals surface area contributed by atoms with Gasteiger partial charge in [0.2, 0.25) is 11.8 Å². The van der Waals surface area contributed by atoms with Gasteiger partial charge >= 0.3 is 0 Å². The lowest BCUT2D eigenvalue weighted by molar-refractivity contribution is -0.133. The molecular weight excluding hydrogens is 356 g/mol. The summed E-state index contributed by atoms with van der Waals surface area (Å²) in [6.07, 6.45) is 1.04. The molecule has 3 rings (SSSR count). The molecule has 2 amide bonds. The molecule has 148 valence electrons. The molecule has 1 aromatic heterocycles. The zero-order valence-electron chi connectivity index (χ0n) is 16.4. The number of carbonyl (C=O) groups is 2. The molecule has 1 aliphatic heterocycles. The van der Waals surface area contributed by atoms with Gasteiger partial charge in [-0.1, -0.05) is 37.3 Å². The van der Waals surface area contributed by atoms with Gasteiger partial charge in [0.25, 0.3) is 5.56 Å². The van der Waals surface area contributed by atoms with E-state index in [0.717, 1.165) is 12.0 Å². The molecule has 0 spiro atoms. The molecule has 1 aliphatic rings. The number of aryl methyl sites for hydroxylation is 1. The minimum atomic E-state index is -0.303. The zero-order valence-corrected chi connectivity index (χ0v) is 16.4. The Bertz CT molecular complexity index is 894. The van der Waals surface area contributed by atoms with Crippen molar-refractivity contribution in [3.05, 3.63) is 64.1 Å². The van der Waals surface area contributed by atoms with E-state index in [9.17, 15) is 14.4 Å². The molecule has 1 aromatic carbocycles. The van der Waals surface area contributed by atoms with Crippen molar-refractivity contribution >= 4 is 11.8 Å². The molecule has 0 unspecified atom stereocenters.